The summed E-state index contributed by atoms with van der Waals surface area (Å²) in [6, 6.07) is 15.3. The summed E-state index contributed by atoms with van der Waals surface area (Å²) in [4.78, 5) is 15.7. The maximum absolute atomic E-state index is 13.6. The van der Waals surface area contributed by atoms with Gasteiger partial charge in [-0.05, 0) is 29.3 Å². The third-order valence-electron chi connectivity index (χ3n) is 6.21. The molecule has 1 aliphatic heterocycles. The van der Waals surface area contributed by atoms with E-state index in [0.29, 0.717) is 48.3 Å². The van der Waals surface area contributed by atoms with Crippen LogP contribution in [0.25, 0.3) is 5.69 Å². The van der Waals surface area contributed by atoms with Crippen LogP contribution in [0.2, 0.25) is 5.02 Å². The van der Waals surface area contributed by atoms with Gasteiger partial charge in [0.1, 0.15) is 11.8 Å². The highest BCUT2D eigenvalue weighted by Crippen LogP contribution is 2.30. The Morgan fingerprint density at radius 3 is 2.36 bits per heavy atom. The Kier molecular flexibility index (Phi) is 6.23. The van der Waals surface area contributed by atoms with Crippen molar-refractivity contribution in [3.63, 3.8) is 0 Å². The zero-order chi connectivity index (χ0) is 22.9. The highest BCUT2D eigenvalue weighted by Gasteiger charge is 2.29. The molecule has 1 atom stereocenters. The molecule has 7 nitrogen and oxygen atoms in total. The first-order valence-corrected chi connectivity index (χ1v) is 12.8. The van der Waals surface area contributed by atoms with Crippen molar-refractivity contribution in [3.05, 3.63) is 81.2 Å². The van der Waals surface area contributed by atoms with Crippen molar-refractivity contribution in [2.24, 2.45) is 0 Å². The third-order valence-corrected chi connectivity index (χ3v) is 7.54. The van der Waals surface area contributed by atoms with Crippen LogP contribution in [0.4, 0.5) is 5.69 Å². The predicted octanol–water partition coefficient (Wildman–Crippen LogP) is 2.85. The van der Waals surface area contributed by atoms with Crippen LogP contribution in [0.1, 0.15) is 11.1 Å². The number of hydrogen-bond donors (Lipinski definition) is 0. The van der Waals surface area contributed by atoms with Crippen molar-refractivity contribution in [3.8, 4) is 11.4 Å². The molecular weight excluding hydrogens is 460 g/mol. The first kappa shape index (κ1) is 22.1. The second kappa shape index (κ2) is 9.29. The van der Waals surface area contributed by atoms with E-state index in [2.05, 4.69) is 22.1 Å². The lowest BCUT2D eigenvalue weighted by Gasteiger charge is -2.35. The van der Waals surface area contributed by atoms with Crippen LogP contribution in [0.5, 0.6) is 5.75 Å². The molecule has 3 aromatic rings. The van der Waals surface area contributed by atoms with E-state index in [0.717, 1.165) is 12.8 Å². The minimum Gasteiger partial charge on any atom is -0.482 e. The van der Waals surface area contributed by atoms with Crippen LogP contribution in [0.3, 0.4) is 0 Å². The van der Waals surface area contributed by atoms with Crippen LogP contribution in [0, 0.1) is 0 Å². The maximum atomic E-state index is 13.6. The maximum Gasteiger partial charge on any atom is 0.316 e. The van der Waals surface area contributed by atoms with Crippen molar-refractivity contribution in [1.29, 1.82) is 0 Å². The Morgan fingerprint density at radius 1 is 1.03 bits per heavy atom. The first-order valence-electron chi connectivity index (χ1n) is 10.9. The van der Waals surface area contributed by atoms with Gasteiger partial charge in [0.05, 0.1) is 22.9 Å². The summed E-state index contributed by atoms with van der Waals surface area (Å²) in [7, 11) is -1.01. The standard InChI is InChI=1S/C24H25ClN4O3S/c1-33(31)28-11-9-27(10-12-28)22-16-26-29(20-8-4-7-19(25)15-20)24(30)23(22)32-21-13-17-5-2-3-6-18(17)14-21/h2-8,15-16,21H,9-14H2,1H3. The predicted molar refractivity (Wildman–Crippen MR) is 131 cm³/mol. The Bertz CT molecular complexity index is 1230. The van der Waals surface area contributed by atoms with Gasteiger partial charge < -0.3 is 9.64 Å². The molecule has 172 valence electrons. The van der Waals surface area contributed by atoms with Gasteiger partial charge in [0.25, 0.3) is 0 Å². The average Bonchev–Trinajstić information content (AvgIpc) is 3.23. The number of halogens is 1. The molecule has 9 heteroatoms. The Labute approximate surface area is 200 Å². The molecular formula is C24H25ClN4O3S. The Balaban J connectivity index is 1.50. The van der Waals surface area contributed by atoms with Gasteiger partial charge in [0.2, 0.25) is 5.75 Å². The quantitative estimate of drug-likeness (QED) is 0.557. The third kappa shape index (κ3) is 4.55. The van der Waals surface area contributed by atoms with Gasteiger partial charge >= 0.3 is 5.56 Å². The van der Waals surface area contributed by atoms with E-state index in [1.54, 1.807) is 36.7 Å². The van der Waals surface area contributed by atoms with Crippen molar-refractivity contribution in [2.45, 2.75) is 18.9 Å². The number of benzene rings is 2. The molecule has 1 saturated heterocycles. The van der Waals surface area contributed by atoms with E-state index in [1.807, 2.05) is 16.4 Å². The van der Waals surface area contributed by atoms with E-state index in [1.165, 1.54) is 15.8 Å². The summed E-state index contributed by atoms with van der Waals surface area (Å²) >= 11 is 6.16. The highest BCUT2D eigenvalue weighted by molar-refractivity contribution is 7.81. The second-order valence-electron chi connectivity index (χ2n) is 8.31. The lowest BCUT2D eigenvalue weighted by molar-refractivity contribution is 0.209. The van der Waals surface area contributed by atoms with E-state index in [-0.39, 0.29) is 11.7 Å². The summed E-state index contributed by atoms with van der Waals surface area (Å²) < 4.78 is 21.5. The molecule has 5 rings (SSSR count). The van der Waals surface area contributed by atoms with Gasteiger partial charge in [-0.3, -0.25) is 4.79 Å². The van der Waals surface area contributed by atoms with Crippen molar-refractivity contribution in [2.75, 3.05) is 37.3 Å². The summed E-state index contributed by atoms with van der Waals surface area (Å²) in [5, 5.41) is 4.97. The largest absolute Gasteiger partial charge is 0.482 e. The Morgan fingerprint density at radius 2 is 1.73 bits per heavy atom. The number of rotatable bonds is 5. The van der Waals surface area contributed by atoms with Crippen molar-refractivity contribution < 1.29 is 8.95 Å². The molecule has 1 fully saturated rings. The first-order chi connectivity index (χ1) is 16.0. The number of hydrogen-bond acceptors (Lipinski definition) is 5. The van der Waals surface area contributed by atoms with Gasteiger partial charge in [-0.25, -0.2) is 8.51 Å². The molecule has 0 radical (unpaired) electrons. The van der Waals surface area contributed by atoms with Gasteiger partial charge in [-0.2, -0.15) is 9.78 Å². The lowest BCUT2D eigenvalue weighted by atomic mass is 10.1. The molecule has 0 spiro atoms. The van der Waals surface area contributed by atoms with Crippen LogP contribution in [-0.2, 0) is 23.8 Å². The van der Waals surface area contributed by atoms with Crippen LogP contribution in [0.15, 0.2) is 59.5 Å². The highest BCUT2D eigenvalue weighted by atomic mass is 35.5. The zero-order valence-electron chi connectivity index (χ0n) is 18.3. The molecule has 0 bridgehead atoms. The topological polar surface area (TPSA) is 67.7 Å². The molecule has 2 aliphatic rings. The fourth-order valence-electron chi connectivity index (χ4n) is 4.51. The zero-order valence-corrected chi connectivity index (χ0v) is 19.9. The fraction of sp³-hybridized carbons (Fsp3) is 0.333. The van der Waals surface area contributed by atoms with Crippen molar-refractivity contribution in [1.82, 2.24) is 14.1 Å². The fourth-order valence-corrected chi connectivity index (χ4v) is 5.37. The molecule has 2 aromatic carbocycles. The summed E-state index contributed by atoms with van der Waals surface area (Å²) in [6.07, 6.45) is 4.79. The summed E-state index contributed by atoms with van der Waals surface area (Å²) in [5.74, 6) is 0.300. The number of aromatic nitrogens is 2. The molecule has 1 aromatic heterocycles. The average molecular weight is 485 g/mol. The van der Waals surface area contributed by atoms with Crippen LogP contribution >= 0.6 is 11.6 Å². The number of nitrogens with zero attached hydrogens (tertiary/aromatic N) is 4. The smallest absolute Gasteiger partial charge is 0.316 e. The molecule has 33 heavy (non-hydrogen) atoms. The normalized spacial score (nSPS) is 17.7. The van der Waals surface area contributed by atoms with Gasteiger partial charge in [-0.15, -0.1) is 0 Å². The minimum atomic E-state index is -1.01. The van der Waals surface area contributed by atoms with E-state index in [4.69, 9.17) is 16.3 Å². The molecule has 0 amide bonds. The lowest BCUT2D eigenvalue weighted by Crippen LogP contribution is -2.47. The second-order valence-corrected chi connectivity index (χ2v) is 10.1. The number of piperazine rings is 1. The molecule has 2 heterocycles. The van der Waals surface area contributed by atoms with Crippen LogP contribution in [-0.4, -0.2) is 56.8 Å². The van der Waals surface area contributed by atoms with E-state index < -0.39 is 11.0 Å². The van der Waals surface area contributed by atoms with Gasteiger partial charge in [0.15, 0.2) is 0 Å². The van der Waals surface area contributed by atoms with Crippen molar-refractivity contribution >= 4 is 28.3 Å². The monoisotopic (exact) mass is 484 g/mol. The Hall–Kier alpha value is -2.68. The summed E-state index contributed by atoms with van der Waals surface area (Å²) in [5.41, 5.74) is 3.47. The molecule has 1 aliphatic carbocycles. The van der Waals surface area contributed by atoms with Gasteiger partial charge in [-0.1, -0.05) is 41.9 Å². The molecule has 0 saturated carbocycles. The number of fused-ring (bicyclic) bond motifs is 1. The molecule has 0 N–H and O–H groups in total. The SMILES string of the molecule is CS(=O)N1CCN(c2cnn(-c3cccc(Cl)c3)c(=O)c2OC2Cc3ccccc3C2)CC1. The van der Waals surface area contributed by atoms with E-state index >= 15 is 0 Å². The van der Waals surface area contributed by atoms with Crippen LogP contribution < -0.4 is 15.2 Å². The van der Waals surface area contributed by atoms with E-state index in [9.17, 15) is 9.00 Å². The number of anilines is 1. The minimum absolute atomic E-state index is 0.117. The molecule has 1 unspecified atom stereocenters. The summed E-state index contributed by atoms with van der Waals surface area (Å²) in [6.45, 7) is 2.58. The number of ether oxygens (including phenoxy) is 1. The van der Waals surface area contributed by atoms with Gasteiger partial charge in [0, 0.05) is 50.3 Å².